The van der Waals surface area contributed by atoms with Crippen molar-refractivity contribution in [3.8, 4) is 0 Å². The number of hydrogen-bond donors (Lipinski definition) is 2. The molecule has 2 N–H and O–H groups in total. The average molecular weight is 311 g/mol. The van der Waals surface area contributed by atoms with Crippen LogP contribution in [0.3, 0.4) is 0 Å². The summed E-state index contributed by atoms with van der Waals surface area (Å²) in [6.07, 6.45) is 0. The molecule has 0 radical (unpaired) electrons. The maximum absolute atomic E-state index is 11.1. The van der Waals surface area contributed by atoms with E-state index in [9.17, 15) is 14.9 Å². The van der Waals surface area contributed by atoms with Crippen LogP contribution in [0.25, 0.3) is 0 Å². The van der Waals surface area contributed by atoms with Crippen molar-refractivity contribution < 1.29 is 14.8 Å². The zero-order valence-corrected chi connectivity index (χ0v) is 12.3. The lowest BCUT2D eigenvalue weighted by Gasteiger charge is -2.26. The van der Waals surface area contributed by atoms with Gasteiger partial charge in [0.05, 0.1) is 4.92 Å². The van der Waals surface area contributed by atoms with Crippen molar-refractivity contribution in [3.63, 3.8) is 0 Å². The van der Waals surface area contributed by atoms with Gasteiger partial charge in [0.2, 0.25) is 0 Å². The summed E-state index contributed by atoms with van der Waals surface area (Å²) in [4.78, 5) is 23.8. The summed E-state index contributed by atoms with van der Waals surface area (Å²) in [6.45, 7) is 3.37. The molecule has 0 unspecified atom stereocenters. The second-order valence-corrected chi connectivity index (χ2v) is 5.87. The van der Waals surface area contributed by atoms with Crippen molar-refractivity contribution in [2.45, 2.75) is 0 Å². The van der Waals surface area contributed by atoms with Crippen molar-refractivity contribution in [3.05, 3.63) is 33.9 Å². The van der Waals surface area contributed by atoms with Crippen LogP contribution in [0.1, 0.15) is 10.4 Å². The Labute approximate surface area is 126 Å². The molecule has 1 aromatic carbocycles. The number of carbonyl (C=O) groups is 1. The van der Waals surface area contributed by atoms with E-state index < -0.39 is 10.9 Å². The highest BCUT2D eigenvalue weighted by Gasteiger charge is 2.24. The summed E-state index contributed by atoms with van der Waals surface area (Å²) in [6, 6.07) is 4.29. The van der Waals surface area contributed by atoms with E-state index in [-0.39, 0.29) is 16.9 Å². The maximum Gasteiger partial charge on any atom is 0.342 e. The zero-order chi connectivity index (χ0) is 15.2. The number of thioether (sulfide) groups is 1. The molecule has 0 amide bonds. The summed E-state index contributed by atoms with van der Waals surface area (Å²) in [7, 11) is 0. The van der Waals surface area contributed by atoms with Gasteiger partial charge in [-0.1, -0.05) is 6.07 Å². The number of para-hydroxylation sites is 1. The number of rotatable bonds is 6. The fourth-order valence-corrected chi connectivity index (χ4v) is 3.21. The number of carboxylic acids is 1. The normalized spacial score (nSPS) is 15.6. The minimum Gasteiger partial charge on any atom is -0.477 e. The molecule has 1 heterocycles. The third kappa shape index (κ3) is 4.08. The topological polar surface area (TPSA) is 95.7 Å². The lowest BCUT2D eigenvalue weighted by Crippen LogP contribution is -2.36. The van der Waals surface area contributed by atoms with Crippen LogP contribution in [0.4, 0.5) is 11.4 Å². The van der Waals surface area contributed by atoms with Gasteiger partial charge < -0.3 is 10.4 Å². The summed E-state index contributed by atoms with van der Waals surface area (Å²) >= 11 is 1.92. The highest BCUT2D eigenvalue weighted by atomic mass is 32.2. The minimum atomic E-state index is -1.29. The number of nitro groups is 1. The Morgan fingerprint density at radius 2 is 2.14 bits per heavy atom. The third-order valence-corrected chi connectivity index (χ3v) is 4.24. The Kier molecular flexibility index (Phi) is 5.40. The van der Waals surface area contributed by atoms with E-state index in [0.717, 1.165) is 31.1 Å². The first-order valence-electron chi connectivity index (χ1n) is 6.64. The molecule has 7 nitrogen and oxygen atoms in total. The van der Waals surface area contributed by atoms with Crippen LogP contribution in [0, 0.1) is 10.1 Å². The van der Waals surface area contributed by atoms with Gasteiger partial charge >= 0.3 is 11.7 Å². The number of hydrogen-bond acceptors (Lipinski definition) is 6. The lowest BCUT2D eigenvalue weighted by molar-refractivity contribution is -0.384. The first-order chi connectivity index (χ1) is 10.1. The van der Waals surface area contributed by atoms with Gasteiger partial charge in [0, 0.05) is 37.7 Å². The van der Waals surface area contributed by atoms with Crippen LogP contribution >= 0.6 is 11.8 Å². The second kappa shape index (κ2) is 7.28. The molecule has 114 valence electrons. The van der Waals surface area contributed by atoms with Crippen LogP contribution in [0.15, 0.2) is 18.2 Å². The van der Waals surface area contributed by atoms with Crippen molar-refractivity contribution in [1.29, 1.82) is 0 Å². The Bertz CT molecular complexity index is 532. The molecule has 1 aliphatic rings. The van der Waals surface area contributed by atoms with Crippen LogP contribution < -0.4 is 5.32 Å². The predicted octanol–water partition coefficient (Wildman–Crippen LogP) is 1.75. The molecule has 1 aliphatic heterocycles. The summed E-state index contributed by atoms with van der Waals surface area (Å²) < 4.78 is 0. The first kappa shape index (κ1) is 15.6. The van der Waals surface area contributed by atoms with E-state index in [0.29, 0.717) is 6.54 Å². The molecule has 0 bridgehead atoms. The number of nitro benzene ring substituents is 1. The van der Waals surface area contributed by atoms with Gasteiger partial charge in [-0.05, 0) is 12.1 Å². The van der Waals surface area contributed by atoms with E-state index >= 15 is 0 Å². The van der Waals surface area contributed by atoms with Gasteiger partial charge in [-0.3, -0.25) is 15.0 Å². The molecule has 8 heteroatoms. The van der Waals surface area contributed by atoms with Crippen molar-refractivity contribution in [2.75, 3.05) is 43.0 Å². The van der Waals surface area contributed by atoms with Gasteiger partial charge in [-0.15, -0.1) is 0 Å². The lowest BCUT2D eigenvalue weighted by atomic mass is 10.1. The largest absolute Gasteiger partial charge is 0.477 e. The fraction of sp³-hybridized carbons (Fsp3) is 0.462. The molecular formula is C13H17N3O4S. The van der Waals surface area contributed by atoms with Gasteiger partial charge in [-0.2, -0.15) is 11.8 Å². The van der Waals surface area contributed by atoms with Gasteiger partial charge in [0.15, 0.2) is 0 Å². The molecule has 1 fully saturated rings. The molecule has 2 rings (SSSR count). The number of nitrogens with zero attached hydrogens (tertiary/aromatic N) is 2. The third-order valence-electron chi connectivity index (χ3n) is 3.30. The molecule has 0 spiro atoms. The number of aromatic carboxylic acids is 1. The zero-order valence-electron chi connectivity index (χ0n) is 11.4. The first-order valence-corrected chi connectivity index (χ1v) is 7.79. The second-order valence-electron chi connectivity index (χ2n) is 4.64. The highest BCUT2D eigenvalue weighted by molar-refractivity contribution is 7.99. The summed E-state index contributed by atoms with van der Waals surface area (Å²) in [5, 5.41) is 23.1. The Morgan fingerprint density at radius 1 is 1.43 bits per heavy atom. The molecule has 0 aromatic heterocycles. The average Bonchev–Trinajstić information content (AvgIpc) is 2.47. The van der Waals surface area contributed by atoms with Crippen molar-refractivity contribution >= 4 is 29.1 Å². The number of nitrogens with one attached hydrogen (secondary N) is 1. The van der Waals surface area contributed by atoms with Gasteiger partial charge in [-0.25, -0.2) is 4.79 Å². The van der Waals surface area contributed by atoms with Crippen LogP contribution in [-0.4, -0.2) is 58.6 Å². The molecular weight excluding hydrogens is 294 g/mol. The van der Waals surface area contributed by atoms with Crippen LogP contribution in [0.2, 0.25) is 0 Å². The molecule has 21 heavy (non-hydrogen) atoms. The minimum absolute atomic E-state index is 0.256. The van der Waals surface area contributed by atoms with E-state index in [4.69, 9.17) is 5.11 Å². The van der Waals surface area contributed by atoms with Crippen molar-refractivity contribution in [1.82, 2.24) is 4.90 Å². The smallest absolute Gasteiger partial charge is 0.342 e. The van der Waals surface area contributed by atoms with Crippen molar-refractivity contribution in [2.24, 2.45) is 0 Å². The van der Waals surface area contributed by atoms with E-state index in [1.165, 1.54) is 18.2 Å². The fourth-order valence-electron chi connectivity index (χ4n) is 2.23. The predicted molar refractivity (Wildman–Crippen MR) is 82.3 cm³/mol. The summed E-state index contributed by atoms with van der Waals surface area (Å²) in [5.41, 5.74) is -0.412. The number of anilines is 1. The molecule has 1 aromatic rings. The van der Waals surface area contributed by atoms with E-state index in [1.807, 2.05) is 11.8 Å². The Morgan fingerprint density at radius 3 is 2.76 bits per heavy atom. The SMILES string of the molecule is O=C(O)c1cccc(NCCN2CCSCC2)c1[N+](=O)[O-]. The van der Waals surface area contributed by atoms with E-state index in [1.54, 1.807) is 0 Å². The van der Waals surface area contributed by atoms with E-state index in [2.05, 4.69) is 10.2 Å². The molecule has 0 aliphatic carbocycles. The maximum atomic E-state index is 11.1. The van der Waals surface area contributed by atoms with Gasteiger partial charge in [0.1, 0.15) is 11.3 Å². The van der Waals surface area contributed by atoms with Crippen LogP contribution in [-0.2, 0) is 0 Å². The number of carboxylic acid groups (broad SMARTS) is 1. The Hall–Kier alpha value is -1.80. The molecule has 0 saturated carbocycles. The quantitative estimate of drug-likeness (QED) is 0.610. The van der Waals surface area contributed by atoms with Gasteiger partial charge in [0.25, 0.3) is 0 Å². The highest BCUT2D eigenvalue weighted by Crippen LogP contribution is 2.28. The summed E-state index contributed by atoms with van der Waals surface area (Å²) in [5.74, 6) is 0.918. The standard InChI is InChI=1S/C13H17N3O4S/c17-13(18)10-2-1-3-11(12(10)16(19)20)14-4-5-15-6-8-21-9-7-15/h1-3,14H,4-9H2,(H,17,18). The molecule has 0 atom stereocenters. The van der Waals surface area contributed by atoms with Crippen LogP contribution in [0.5, 0.6) is 0 Å². The molecule has 1 saturated heterocycles. The Balaban J connectivity index is 2.03. The number of benzene rings is 1. The monoisotopic (exact) mass is 311 g/mol.